The Kier molecular flexibility index (Phi) is 7.41. The first-order chi connectivity index (χ1) is 15.8. The van der Waals surface area contributed by atoms with Crippen LogP contribution < -0.4 is 5.46 Å². The average Bonchev–Trinajstić information content (AvgIpc) is 3.04. The zero-order valence-electron chi connectivity index (χ0n) is 20.6. The molecule has 0 N–H and O–H groups in total. The molecule has 2 nitrogen and oxygen atoms in total. The van der Waals surface area contributed by atoms with E-state index in [0.29, 0.717) is 0 Å². The minimum Gasteiger partial charge on any atom is -0.399 e. The van der Waals surface area contributed by atoms with Gasteiger partial charge in [0.2, 0.25) is 0 Å². The Morgan fingerprint density at radius 3 is 1.79 bits per heavy atom. The summed E-state index contributed by atoms with van der Waals surface area (Å²) in [6.45, 7) is 8.40. The van der Waals surface area contributed by atoms with Crippen LogP contribution in [0, 0.1) is 0 Å². The molecule has 172 valence electrons. The van der Waals surface area contributed by atoms with E-state index in [2.05, 4.69) is 107 Å². The van der Waals surface area contributed by atoms with Crippen molar-refractivity contribution in [3.8, 4) is 11.1 Å². The summed E-state index contributed by atoms with van der Waals surface area (Å²) in [4.78, 5) is 0. The molecule has 0 aliphatic carbocycles. The van der Waals surface area contributed by atoms with Gasteiger partial charge in [0.1, 0.15) is 0 Å². The maximum Gasteiger partial charge on any atom is 0.494 e. The summed E-state index contributed by atoms with van der Waals surface area (Å²) in [6, 6.07) is 28.4. The van der Waals surface area contributed by atoms with Gasteiger partial charge in [-0.1, -0.05) is 91.7 Å². The number of hydrogen-bond donors (Lipinski definition) is 0. The molecule has 0 atom stereocenters. The summed E-state index contributed by atoms with van der Waals surface area (Å²) in [5.41, 5.74) is 5.77. The molecule has 0 unspecified atom stereocenters. The van der Waals surface area contributed by atoms with E-state index in [9.17, 15) is 0 Å². The predicted molar refractivity (Wildman–Crippen MR) is 140 cm³/mol. The number of aryl methyl sites for hydroxylation is 2. The lowest BCUT2D eigenvalue weighted by Crippen LogP contribution is -2.41. The molecule has 1 aliphatic heterocycles. The molecule has 0 radical (unpaired) electrons. The monoisotopic (exact) mass is 440 g/mol. The second-order valence-corrected chi connectivity index (χ2v) is 10.3. The fourth-order valence-corrected chi connectivity index (χ4v) is 4.41. The van der Waals surface area contributed by atoms with Gasteiger partial charge in [-0.05, 0) is 81.1 Å². The minimum absolute atomic E-state index is 0.325. The normalized spacial score (nSPS) is 16.8. The van der Waals surface area contributed by atoms with Gasteiger partial charge in [-0.15, -0.1) is 0 Å². The minimum atomic E-state index is -0.325. The van der Waals surface area contributed by atoms with Crippen molar-refractivity contribution in [1.82, 2.24) is 0 Å². The van der Waals surface area contributed by atoms with E-state index < -0.39 is 0 Å². The first-order valence-electron chi connectivity index (χ1n) is 12.4. The molecule has 0 bridgehead atoms. The molecule has 33 heavy (non-hydrogen) atoms. The fraction of sp³-hybridized carbons (Fsp3) is 0.400. The van der Waals surface area contributed by atoms with Crippen LogP contribution in [0.25, 0.3) is 11.1 Å². The third-order valence-electron chi connectivity index (χ3n) is 7.20. The summed E-state index contributed by atoms with van der Waals surface area (Å²) in [6.07, 6.45) is 7.42. The van der Waals surface area contributed by atoms with Crippen molar-refractivity contribution in [3.05, 3.63) is 90.0 Å². The van der Waals surface area contributed by atoms with Crippen LogP contribution in [0.1, 0.15) is 64.5 Å². The van der Waals surface area contributed by atoms with E-state index in [-0.39, 0.29) is 18.3 Å². The van der Waals surface area contributed by atoms with Crippen molar-refractivity contribution in [2.45, 2.75) is 77.4 Å². The van der Waals surface area contributed by atoms with Crippen molar-refractivity contribution in [2.24, 2.45) is 0 Å². The maximum absolute atomic E-state index is 6.26. The highest BCUT2D eigenvalue weighted by molar-refractivity contribution is 6.62. The summed E-state index contributed by atoms with van der Waals surface area (Å²) in [5, 5.41) is 0. The summed E-state index contributed by atoms with van der Waals surface area (Å²) in [5.74, 6) is 0. The maximum atomic E-state index is 6.26. The zero-order chi connectivity index (χ0) is 23.3. The SMILES string of the molecule is CC1(C)OB(c2cccc(-c3cccc(CCCCCCc4ccccc4)c3)c2)OC1(C)C. The average molecular weight is 440 g/mol. The van der Waals surface area contributed by atoms with Crippen LogP contribution in [-0.2, 0) is 22.2 Å². The third kappa shape index (κ3) is 5.96. The Bertz CT molecular complexity index is 1030. The summed E-state index contributed by atoms with van der Waals surface area (Å²) >= 11 is 0. The Balaban J connectivity index is 1.32. The van der Waals surface area contributed by atoms with Gasteiger partial charge in [0.05, 0.1) is 11.2 Å². The number of benzene rings is 3. The van der Waals surface area contributed by atoms with E-state index in [1.807, 2.05) is 0 Å². The largest absolute Gasteiger partial charge is 0.494 e. The molecule has 4 rings (SSSR count). The molecule has 1 aliphatic rings. The number of rotatable bonds is 9. The van der Waals surface area contributed by atoms with Gasteiger partial charge in [0, 0.05) is 0 Å². The Morgan fingerprint density at radius 1 is 0.576 bits per heavy atom. The van der Waals surface area contributed by atoms with Crippen molar-refractivity contribution < 1.29 is 9.31 Å². The molecule has 0 aromatic heterocycles. The van der Waals surface area contributed by atoms with Gasteiger partial charge >= 0.3 is 7.12 Å². The highest BCUT2D eigenvalue weighted by atomic mass is 16.7. The van der Waals surface area contributed by atoms with Crippen molar-refractivity contribution in [3.63, 3.8) is 0 Å². The molecule has 0 amide bonds. The van der Waals surface area contributed by atoms with Crippen LogP contribution in [0.15, 0.2) is 78.9 Å². The van der Waals surface area contributed by atoms with Gasteiger partial charge in [-0.2, -0.15) is 0 Å². The molecular formula is C30H37BO2. The lowest BCUT2D eigenvalue weighted by Gasteiger charge is -2.32. The topological polar surface area (TPSA) is 18.5 Å². The molecule has 1 fully saturated rings. The second kappa shape index (κ2) is 10.3. The summed E-state index contributed by atoms with van der Waals surface area (Å²) < 4.78 is 12.5. The standard InChI is InChI=1S/C30H37BO2/c1-29(2)30(3,4)33-31(32-29)28-21-13-20-27(23-28)26-19-12-18-25(22-26)17-9-6-5-8-14-24-15-10-7-11-16-24/h7,10-13,15-16,18-23H,5-6,8-9,14,17H2,1-4H3. The van der Waals surface area contributed by atoms with E-state index in [1.165, 1.54) is 54.4 Å². The van der Waals surface area contributed by atoms with Crippen LogP contribution in [0.2, 0.25) is 0 Å². The second-order valence-electron chi connectivity index (χ2n) is 10.3. The van der Waals surface area contributed by atoms with Gasteiger partial charge in [-0.3, -0.25) is 0 Å². The number of hydrogen-bond acceptors (Lipinski definition) is 2. The lowest BCUT2D eigenvalue weighted by molar-refractivity contribution is 0.00578. The van der Waals surface area contributed by atoms with Crippen LogP contribution in [-0.4, -0.2) is 18.3 Å². The Morgan fingerprint density at radius 2 is 1.12 bits per heavy atom. The van der Waals surface area contributed by atoms with Gasteiger partial charge in [-0.25, -0.2) is 0 Å². The lowest BCUT2D eigenvalue weighted by atomic mass is 9.78. The highest BCUT2D eigenvalue weighted by Gasteiger charge is 2.51. The van der Waals surface area contributed by atoms with E-state index in [0.717, 1.165) is 11.9 Å². The van der Waals surface area contributed by atoms with E-state index in [4.69, 9.17) is 9.31 Å². The van der Waals surface area contributed by atoms with Crippen molar-refractivity contribution >= 4 is 12.6 Å². The van der Waals surface area contributed by atoms with Crippen LogP contribution >= 0.6 is 0 Å². The van der Waals surface area contributed by atoms with Crippen molar-refractivity contribution in [2.75, 3.05) is 0 Å². The fourth-order valence-electron chi connectivity index (χ4n) is 4.41. The Hall–Kier alpha value is -2.36. The van der Waals surface area contributed by atoms with Gasteiger partial charge < -0.3 is 9.31 Å². The smallest absolute Gasteiger partial charge is 0.399 e. The molecule has 3 aromatic rings. The Labute approximate surface area is 200 Å². The molecular weight excluding hydrogens is 403 g/mol. The molecule has 3 heteroatoms. The molecule has 1 heterocycles. The summed E-state index contributed by atoms with van der Waals surface area (Å²) in [7, 11) is -0.325. The van der Waals surface area contributed by atoms with Crippen LogP contribution in [0.3, 0.4) is 0 Å². The van der Waals surface area contributed by atoms with Crippen LogP contribution in [0.5, 0.6) is 0 Å². The molecule has 1 saturated heterocycles. The number of unbranched alkanes of at least 4 members (excludes halogenated alkanes) is 3. The predicted octanol–water partition coefficient (Wildman–Crippen LogP) is 7.00. The van der Waals surface area contributed by atoms with Gasteiger partial charge in [0.25, 0.3) is 0 Å². The third-order valence-corrected chi connectivity index (χ3v) is 7.20. The van der Waals surface area contributed by atoms with Crippen LogP contribution in [0.4, 0.5) is 0 Å². The highest BCUT2D eigenvalue weighted by Crippen LogP contribution is 2.36. The molecule has 3 aromatic carbocycles. The van der Waals surface area contributed by atoms with E-state index in [1.54, 1.807) is 0 Å². The first-order valence-corrected chi connectivity index (χ1v) is 12.4. The quantitative estimate of drug-likeness (QED) is 0.264. The molecule has 0 saturated carbocycles. The van der Waals surface area contributed by atoms with Crippen molar-refractivity contribution in [1.29, 1.82) is 0 Å². The first kappa shape index (κ1) is 23.8. The van der Waals surface area contributed by atoms with E-state index >= 15 is 0 Å². The van der Waals surface area contributed by atoms with Gasteiger partial charge in [0.15, 0.2) is 0 Å². The zero-order valence-corrected chi connectivity index (χ0v) is 20.6. The molecule has 0 spiro atoms.